The number of aromatic nitrogens is 3. The molecule has 5 atom stereocenters. The molecular formula is C20H18Cl2FN3O4. The summed E-state index contributed by atoms with van der Waals surface area (Å²) in [6.45, 7) is 3.60. The highest BCUT2D eigenvalue weighted by Gasteiger charge is 2.58. The van der Waals surface area contributed by atoms with Gasteiger partial charge in [0.25, 0.3) is 0 Å². The van der Waals surface area contributed by atoms with Crippen LogP contribution in [-0.4, -0.2) is 43.7 Å². The lowest BCUT2D eigenvalue weighted by Gasteiger charge is -2.27. The van der Waals surface area contributed by atoms with Gasteiger partial charge in [0.05, 0.1) is 10.4 Å². The Morgan fingerprint density at radius 2 is 1.93 bits per heavy atom. The molecule has 2 aromatic heterocycles. The van der Waals surface area contributed by atoms with Crippen LogP contribution >= 0.6 is 23.2 Å². The fourth-order valence-electron chi connectivity index (χ4n) is 4.12. The van der Waals surface area contributed by atoms with Crippen LogP contribution in [0.3, 0.4) is 0 Å². The maximum absolute atomic E-state index is 13.6. The number of rotatable bonds is 3. The zero-order valence-electron chi connectivity index (χ0n) is 16.0. The molecule has 10 heteroatoms. The normalized spacial score (nSPS) is 28.7. The molecule has 0 aliphatic carbocycles. The second-order valence-corrected chi connectivity index (χ2v) is 8.56. The van der Waals surface area contributed by atoms with Gasteiger partial charge in [-0.1, -0.05) is 29.3 Å². The predicted octanol–water partition coefficient (Wildman–Crippen LogP) is 4.03. The SMILES string of the molecule is CC1(C)O[C@H]2[C@@H](O1)[C@H](n1ccc3c(Cl)ncnc31)O[C@@H]2[C@H](O)c1ccc(F)c(Cl)c1. The minimum atomic E-state index is -1.11. The Kier molecular flexibility index (Phi) is 4.77. The van der Waals surface area contributed by atoms with E-state index in [1.165, 1.54) is 24.5 Å². The number of ether oxygens (including phenoxy) is 3. The van der Waals surface area contributed by atoms with Crippen LogP contribution in [0.5, 0.6) is 0 Å². The fourth-order valence-corrected chi connectivity index (χ4v) is 4.50. The molecule has 2 fully saturated rings. The molecule has 0 spiro atoms. The van der Waals surface area contributed by atoms with Crippen molar-refractivity contribution in [3.63, 3.8) is 0 Å². The Balaban J connectivity index is 1.54. The van der Waals surface area contributed by atoms with E-state index in [0.717, 1.165) is 0 Å². The van der Waals surface area contributed by atoms with Crippen molar-refractivity contribution in [2.24, 2.45) is 0 Å². The molecule has 1 aromatic carbocycles. The summed E-state index contributed by atoms with van der Waals surface area (Å²) < 4.78 is 33.7. The van der Waals surface area contributed by atoms with Crippen molar-refractivity contribution in [1.82, 2.24) is 14.5 Å². The maximum Gasteiger partial charge on any atom is 0.164 e. The zero-order chi connectivity index (χ0) is 21.2. The van der Waals surface area contributed by atoms with Crippen molar-refractivity contribution >= 4 is 34.2 Å². The minimum absolute atomic E-state index is 0.0793. The van der Waals surface area contributed by atoms with E-state index in [9.17, 15) is 9.50 Å². The average molecular weight is 454 g/mol. The van der Waals surface area contributed by atoms with Crippen LogP contribution in [0.25, 0.3) is 11.0 Å². The molecule has 1 N–H and O–H groups in total. The van der Waals surface area contributed by atoms with Gasteiger partial charge in [-0.3, -0.25) is 0 Å². The van der Waals surface area contributed by atoms with E-state index in [1.807, 2.05) is 0 Å². The second-order valence-electron chi connectivity index (χ2n) is 7.80. The number of halogens is 3. The summed E-state index contributed by atoms with van der Waals surface area (Å²) in [5.41, 5.74) is 0.994. The summed E-state index contributed by atoms with van der Waals surface area (Å²) in [5.74, 6) is -1.43. The van der Waals surface area contributed by atoms with E-state index < -0.39 is 42.2 Å². The Bertz CT molecular complexity index is 1120. The third-order valence-electron chi connectivity index (χ3n) is 5.40. The highest BCUT2D eigenvalue weighted by Crippen LogP contribution is 2.47. The summed E-state index contributed by atoms with van der Waals surface area (Å²) in [5, 5.41) is 12.0. The van der Waals surface area contributed by atoms with Gasteiger partial charge in [0.15, 0.2) is 12.0 Å². The molecule has 2 aliphatic heterocycles. The summed E-state index contributed by atoms with van der Waals surface area (Å²) in [6.07, 6.45) is -0.452. The lowest BCUT2D eigenvalue weighted by molar-refractivity contribution is -0.207. The van der Waals surface area contributed by atoms with E-state index in [0.29, 0.717) is 21.7 Å². The van der Waals surface area contributed by atoms with Gasteiger partial charge in [0.1, 0.15) is 47.4 Å². The van der Waals surface area contributed by atoms with Crippen molar-refractivity contribution in [2.45, 2.75) is 50.3 Å². The lowest BCUT2D eigenvalue weighted by Crippen LogP contribution is -2.34. The number of aliphatic hydroxyl groups excluding tert-OH is 1. The molecule has 7 nitrogen and oxygen atoms in total. The van der Waals surface area contributed by atoms with Crippen LogP contribution in [-0.2, 0) is 14.2 Å². The van der Waals surface area contributed by atoms with E-state index >= 15 is 0 Å². The van der Waals surface area contributed by atoms with Crippen LogP contribution < -0.4 is 0 Å². The zero-order valence-corrected chi connectivity index (χ0v) is 17.5. The first kappa shape index (κ1) is 20.1. The Morgan fingerprint density at radius 3 is 2.70 bits per heavy atom. The summed E-state index contributed by atoms with van der Waals surface area (Å²) in [6, 6.07) is 5.85. The first-order valence-corrected chi connectivity index (χ1v) is 10.1. The average Bonchev–Trinajstić information content (AvgIpc) is 3.34. The molecule has 0 bridgehead atoms. The van der Waals surface area contributed by atoms with Gasteiger partial charge in [0.2, 0.25) is 0 Å². The molecule has 3 aromatic rings. The second kappa shape index (κ2) is 7.12. The lowest BCUT2D eigenvalue weighted by atomic mass is 9.99. The van der Waals surface area contributed by atoms with Crippen LogP contribution in [0.1, 0.15) is 31.7 Å². The molecule has 2 saturated heterocycles. The molecule has 30 heavy (non-hydrogen) atoms. The summed E-state index contributed by atoms with van der Waals surface area (Å²) >= 11 is 12.1. The predicted molar refractivity (Wildman–Crippen MR) is 107 cm³/mol. The minimum Gasteiger partial charge on any atom is -0.386 e. The van der Waals surface area contributed by atoms with Gasteiger partial charge in [-0.05, 0) is 37.6 Å². The van der Waals surface area contributed by atoms with E-state index in [-0.39, 0.29) is 5.02 Å². The Labute approximate surface area is 181 Å². The van der Waals surface area contributed by atoms with E-state index in [4.69, 9.17) is 37.4 Å². The van der Waals surface area contributed by atoms with Crippen molar-refractivity contribution in [3.05, 3.63) is 58.3 Å². The third-order valence-corrected chi connectivity index (χ3v) is 5.99. The smallest absolute Gasteiger partial charge is 0.164 e. The largest absolute Gasteiger partial charge is 0.386 e. The van der Waals surface area contributed by atoms with Gasteiger partial charge < -0.3 is 23.9 Å². The number of hydrogen-bond donors (Lipinski definition) is 1. The molecule has 0 radical (unpaired) electrons. The monoisotopic (exact) mass is 453 g/mol. The molecule has 0 saturated carbocycles. The van der Waals surface area contributed by atoms with Crippen LogP contribution in [0.2, 0.25) is 10.2 Å². The Hall–Kier alpha value is -1.81. The first-order chi connectivity index (χ1) is 14.2. The topological polar surface area (TPSA) is 78.6 Å². The van der Waals surface area contributed by atoms with Gasteiger partial charge >= 0.3 is 0 Å². The van der Waals surface area contributed by atoms with Gasteiger partial charge in [-0.25, -0.2) is 14.4 Å². The quantitative estimate of drug-likeness (QED) is 0.603. The van der Waals surface area contributed by atoms with Crippen molar-refractivity contribution in [1.29, 1.82) is 0 Å². The number of aliphatic hydroxyl groups is 1. The standard InChI is InChI=1S/C20H18Cl2FN3O4/c1-20(2)29-15-14(13(27)9-3-4-12(23)11(21)7-9)28-19(16(15)30-20)26-6-5-10-17(22)24-8-25-18(10)26/h3-8,13-16,19,27H,1-2H3/t13-,14-,15-,16-,19-/m1/s1. The molecule has 2 aliphatic rings. The van der Waals surface area contributed by atoms with Crippen LogP contribution in [0.4, 0.5) is 4.39 Å². The Morgan fingerprint density at radius 1 is 1.17 bits per heavy atom. The van der Waals surface area contributed by atoms with Crippen molar-refractivity contribution in [2.75, 3.05) is 0 Å². The fraction of sp³-hybridized carbons (Fsp3) is 0.400. The van der Waals surface area contributed by atoms with Gasteiger partial charge in [0, 0.05) is 6.20 Å². The summed E-state index contributed by atoms with van der Waals surface area (Å²) in [4.78, 5) is 8.31. The number of hydrogen-bond acceptors (Lipinski definition) is 6. The first-order valence-electron chi connectivity index (χ1n) is 9.36. The van der Waals surface area contributed by atoms with E-state index in [1.54, 1.807) is 30.7 Å². The highest BCUT2D eigenvalue weighted by molar-refractivity contribution is 6.33. The van der Waals surface area contributed by atoms with Crippen LogP contribution in [0.15, 0.2) is 36.8 Å². The number of fused-ring (bicyclic) bond motifs is 2. The summed E-state index contributed by atoms with van der Waals surface area (Å²) in [7, 11) is 0. The van der Waals surface area contributed by atoms with Crippen molar-refractivity contribution < 1.29 is 23.7 Å². The molecular weight excluding hydrogens is 436 g/mol. The van der Waals surface area contributed by atoms with Gasteiger partial charge in [-0.2, -0.15) is 0 Å². The molecule has 158 valence electrons. The molecule has 0 amide bonds. The molecule has 0 unspecified atom stereocenters. The number of benzene rings is 1. The maximum atomic E-state index is 13.6. The molecule has 5 rings (SSSR count). The van der Waals surface area contributed by atoms with Crippen LogP contribution in [0, 0.1) is 5.82 Å². The molecule has 4 heterocycles. The number of nitrogens with zero attached hydrogens (tertiary/aromatic N) is 3. The van der Waals surface area contributed by atoms with E-state index in [2.05, 4.69) is 9.97 Å². The third kappa shape index (κ3) is 3.19. The highest BCUT2D eigenvalue weighted by atomic mass is 35.5. The van der Waals surface area contributed by atoms with Crippen molar-refractivity contribution in [3.8, 4) is 0 Å². The van der Waals surface area contributed by atoms with Gasteiger partial charge in [-0.15, -0.1) is 0 Å².